The summed E-state index contributed by atoms with van der Waals surface area (Å²) < 4.78 is 19.8. The molecule has 2 aromatic rings. The minimum Gasteiger partial charge on any atom is -0.444 e. The first-order chi connectivity index (χ1) is 14.3. The lowest BCUT2D eigenvalue weighted by Crippen LogP contribution is -2.40. The summed E-state index contributed by atoms with van der Waals surface area (Å²) in [5.74, 6) is -0.372. The summed E-state index contributed by atoms with van der Waals surface area (Å²) in [4.78, 5) is 14.0. The van der Waals surface area contributed by atoms with Crippen molar-refractivity contribution in [3.63, 3.8) is 0 Å². The van der Waals surface area contributed by atoms with Crippen molar-refractivity contribution in [2.24, 2.45) is 0 Å². The number of hydrogen-bond donors (Lipinski definition) is 3. The number of tetrazole rings is 1. The van der Waals surface area contributed by atoms with Gasteiger partial charge in [-0.05, 0) is 44.5 Å². The highest BCUT2D eigenvalue weighted by atomic mass is 19.1. The monoisotopic (exact) mass is 414 g/mol. The summed E-state index contributed by atoms with van der Waals surface area (Å²) >= 11 is 0. The molecule has 1 amide bonds. The van der Waals surface area contributed by atoms with Crippen molar-refractivity contribution in [2.45, 2.75) is 38.8 Å². The highest BCUT2D eigenvalue weighted by molar-refractivity contribution is 5.78. The second kappa shape index (κ2) is 8.77. The van der Waals surface area contributed by atoms with Gasteiger partial charge in [0, 0.05) is 19.3 Å². The third-order valence-electron chi connectivity index (χ3n) is 4.31. The third kappa shape index (κ3) is 5.22. The van der Waals surface area contributed by atoms with Gasteiger partial charge in [-0.2, -0.15) is 10.5 Å². The predicted molar refractivity (Wildman–Crippen MR) is 108 cm³/mol. The Morgan fingerprint density at radius 1 is 1.47 bits per heavy atom. The van der Waals surface area contributed by atoms with E-state index < -0.39 is 17.5 Å². The number of H-pyrrole nitrogens is 1. The summed E-state index contributed by atoms with van der Waals surface area (Å²) in [7, 11) is 0. The van der Waals surface area contributed by atoms with Crippen molar-refractivity contribution < 1.29 is 13.9 Å². The van der Waals surface area contributed by atoms with Crippen LogP contribution < -0.4 is 15.5 Å². The van der Waals surface area contributed by atoms with Gasteiger partial charge in [0.2, 0.25) is 5.82 Å². The average Bonchev–Trinajstić information content (AvgIpc) is 3.34. The first kappa shape index (κ1) is 21.0. The predicted octanol–water partition coefficient (Wildman–Crippen LogP) is 2.42. The maximum atomic E-state index is 14.6. The Morgan fingerprint density at radius 2 is 2.27 bits per heavy atom. The molecule has 0 spiro atoms. The molecule has 1 aromatic carbocycles. The Balaban J connectivity index is 1.73. The van der Waals surface area contributed by atoms with Gasteiger partial charge in [-0.1, -0.05) is 6.07 Å². The van der Waals surface area contributed by atoms with Crippen molar-refractivity contribution in [3.8, 4) is 6.07 Å². The molecule has 0 radical (unpaired) electrons. The van der Waals surface area contributed by atoms with Crippen LogP contribution in [0.15, 0.2) is 24.4 Å². The molecular formula is C19H23FN8O2. The van der Waals surface area contributed by atoms with E-state index in [1.54, 1.807) is 32.9 Å². The first-order valence-corrected chi connectivity index (χ1v) is 9.40. The topological polar surface area (TPSA) is 132 Å². The second-order valence-electron chi connectivity index (χ2n) is 7.76. The Kier molecular flexibility index (Phi) is 6.15. The van der Waals surface area contributed by atoms with E-state index in [2.05, 4.69) is 31.3 Å². The second-order valence-corrected chi connectivity index (χ2v) is 7.76. The number of anilines is 2. The summed E-state index contributed by atoms with van der Waals surface area (Å²) in [5.41, 5.74) is 0.353. The zero-order chi connectivity index (χ0) is 21.7. The van der Waals surface area contributed by atoms with E-state index in [0.717, 1.165) is 0 Å². The number of carbonyl (C=O) groups is 1. The fourth-order valence-corrected chi connectivity index (χ4v) is 3.06. The number of ether oxygens (including phenoxy) is 1. The highest BCUT2D eigenvalue weighted by Gasteiger charge is 2.28. The van der Waals surface area contributed by atoms with Crippen LogP contribution >= 0.6 is 0 Å². The van der Waals surface area contributed by atoms with Gasteiger partial charge >= 0.3 is 6.09 Å². The summed E-state index contributed by atoms with van der Waals surface area (Å²) in [6, 6.07) is 6.53. The Bertz CT molecular complexity index is 962. The van der Waals surface area contributed by atoms with Crippen LogP contribution in [0.25, 0.3) is 5.57 Å². The fraction of sp³-hybridized carbons (Fsp3) is 0.421. The number of aromatic nitrogens is 4. The molecule has 0 saturated carbocycles. The van der Waals surface area contributed by atoms with Crippen LogP contribution in [0.2, 0.25) is 0 Å². The van der Waals surface area contributed by atoms with Gasteiger partial charge in [0.15, 0.2) is 0 Å². The number of hydrogen-bond acceptors (Lipinski definition) is 8. The van der Waals surface area contributed by atoms with Crippen molar-refractivity contribution in [3.05, 3.63) is 36.0 Å². The molecule has 10 nitrogen and oxygen atoms in total. The van der Waals surface area contributed by atoms with E-state index in [0.29, 0.717) is 25.2 Å². The van der Waals surface area contributed by atoms with E-state index in [1.165, 1.54) is 12.3 Å². The molecule has 0 aliphatic carbocycles. The lowest BCUT2D eigenvalue weighted by molar-refractivity contribution is 0.0509. The van der Waals surface area contributed by atoms with Gasteiger partial charge in [-0.25, -0.2) is 9.18 Å². The number of halogens is 1. The zero-order valence-corrected chi connectivity index (χ0v) is 16.9. The molecule has 3 N–H and O–H groups in total. The Morgan fingerprint density at radius 3 is 2.93 bits per heavy atom. The number of para-hydroxylation sites is 1. The number of nitriles is 1. The lowest BCUT2D eigenvalue weighted by Gasteiger charge is -2.24. The molecule has 0 bridgehead atoms. The van der Waals surface area contributed by atoms with Crippen molar-refractivity contribution >= 4 is 23.0 Å². The molecule has 2 heterocycles. The normalized spacial score (nSPS) is 16.8. The number of nitrogens with one attached hydrogen (secondary N) is 3. The maximum absolute atomic E-state index is 14.6. The maximum Gasteiger partial charge on any atom is 0.407 e. The molecule has 158 valence electrons. The van der Waals surface area contributed by atoms with E-state index in [4.69, 9.17) is 4.74 Å². The fourth-order valence-electron chi connectivity index (χ4n) is 3.06. The quantitative estimate of drug-likeness (QED) is 0.636. The van der Waals surface area contributed by atoms with Gasteiger partial charge in [0.1, 0.15) is 23.1 Å². The molecular weight excluding hydrogens is 391 g/mol. The lowest BCUT2D eigenvalue weighted by atomic mass is 10.2. The molecule has 1 atom stereocenters. The molecule has 1 fully saturated rings. The minimum atomic E-state index is -0.578. The molecule has 1 aliphatic rings. The van der Waals surface area contributed by atoms with Crippen LogP contribution in [0.5, 0.6) is 0 Å². The number of rotatable bonds is 5. The summed E-state index contributed by atoms with van der Waals surface area (Å²) in [5, 5.41) is 28.2. The number of amides is 1. The van der Waals surface area contributed by atoms with Gasteiger partial charge in [0.05, 0.1) is 17.4 Å². The van der Waals surface area contributed by atoms with Crippen LogP contribution in [0.1, 0.15) is 33.0 Å². The zero-order valence-electron chi connectivity index (χ0n) is 16.9. The van der Waals surface area contributed by atoms with Crippen molar-refractivity contribution in [1.82, 2.24) is 25.9 Å². The number of nitrogens with zero attached hydrogens (tertiary/aromatic N) is 5. The van der Waals surface area contributed by atoms with Gasteiger partial charge < -0.3 is 20.3 Å². The average molecular weight is 414 g/mol. The molecule has 11 heteroatoms. The number of alkyl carbamates (subject to hydrolysis) is 1. The van der Waals surface area contributed by atoms with Gasteiger partial charge in [-0.3, -0.25) is 0 Å². The smallest absolute Gasteiger partial charge is 0.407 e. The van der Waals surface area contributed by atoms with Crippen LogP contribution in [0.4, 0.5) is 20.6 Å². The standard InChI is InChI=1S/C19H23FN8O2/c1-19(2,3)30-18(29)23-13-7-8-28(11-13)15-6-4-5-14(20)16(15)22-10-12(9-21)17-24-26-27-25-17/h4-6,10,13,22H,7-8,11H2,1-3H3,(H,23,29)(H,24,25,26,27). The van der Waals surface area contributed by atoms with Crippen molar-refractivity contribution in [1.29, 1.82) is 5.26 Å². The summed E-state index contributed by atoms with van der Waals surface area (Å²) in [6.07, 6.45) is 1.55. The molecule has 1 saturated heterocycles. The van der Waals surface area contributed by atoms with E-state index >= 15 is 0 Å². The van der Waals surface area contributed by atoms with E-state index in [-0.39, 0.29) is 23.1 Å². The molecule has 3 rings (SSSR count). The Labute approximate surface area is 173 Å². The van der Waals surface area contributed by atoms with Crippen LogP contribution in [0.3, 0.4) is 0 Å². The minimum absolute atomic E-state index is 0.101. The number of carbonyl (C=O) groups excluding carboxylic acids is 1. The number of aromatic amines is 1. The van der Waals surface area contributed by atoms with Gasteiger partial charge in [-0.15, -0.1) is 10.2 Å². The van der Waals surface area contributed by atoms with E-state index in [1.807, 2.05) is 11.0 Å². The third-order valence-corrected chi connectivity index (χ3v) is 4.31. The molecule has 1 unspecified atom stereocenters. The largest absolute Gasteiger partial charge is 0.444 e. The molecule has 1 aliphatic heterocycles. The molecule has 30 heavy (non-hydrogen) atoms. The SMILES string of the molecule is CC(C)(C)OC(=O)NC1CCN(c2cccc(F)c2NC=C(C#N)c2nn[nH]n2)C1. The van der Waals surface area contributed by atoms with Crippen LogP contribution in [0, 0.1) is 17.1 Å². The Hall–Kier alpha value is -3.68. The van der Waals surface area contributed by atoms with Crippen LogP contribution in [-0.2, 0) is 4.74 Å². The van der Waals surface area contributed by atoms with Crippen molar-refractivity contribution in [2.75, 3.05) is 23.3 Å². The highest BCUT2D eigenvalue weighted by Crippen LogP contribution is 2.31. The first-order valence-electron chi connectivity index (χ1n) is 9.40. The molecule has 1 aromatic heterocycles. The van der Waals surface area contributed by atoms with Crippen LogP contribution in [-0.4, -0.2) is 51.4 Å². The number of benzene rings is 1. The van der Waals surface area contributed by atoms with E-state index in [9.17, 15) is 14.4 Å². The number of allylic oxidation sites excluding steroid dienone is 1. The summed E-state index contributed by atoms with van der Waals surface area (Å²) in [6.45, 7) is 6.52. The van der Waals surface area contributed by atoms with Gasteiger partial charge in [0.25, 0.3) is 0 Å².